The van der Waals surface area contributed by atoms with Gasteiger partial charge in [0.05, 0.1) is 12.6 Å². The summed E-state index contributed by atoms with van der Waals surface area (Å²) in [6.45, 7) is 2.59. The second-order valence-electron chi connectivity index (χ2n) is 4.14. The van der Waals surface area contributed by atoms with Crippen molar-refractivity contribution in [3.8, 4) is 0 Å². The SMILES string of the molecule is CC(NCc1ncon1)c1cc2ccccc2o1. The Morgan fingerprint density at radius 3 is 3.00 bits per heavy atom. The Hall–Kier alpha value is -2.14. The van der Waals surface area contributed by atoms with Gasteiger partial charge in [-0.2, -0.15) is 4.98 Å². The summed E-state index contributed by atoms with van der Waals surface area (Å²) in [6, 6.07) is 10.1. The van der Waals surface area contributed by atoms with Gasteiger partial charge in [-0.25, -0.2) is 0 Å². The summed E-state index contributed by atoms with van der Waals surface area (Å²) in [5.74, 6) is 1.54. The van der Waals surface area contributed by atoms with Crippen molar-refractivity contribution in [2.45, 2.75) is 19.5 Å². The lowest BCUT2D eigenvalue weighted by Crippen LogP contribution is -2.18. The molecule has 92 valence electrons. The number of hydrogen-bond acceptors (Lipinski definition) is 5. The maximum Gasteiger partial charge on any atom is 0.213 e. The summed E-state index contributed by atoms with van der Waals surface area (Å²) in [6.07, 6.45) is 1.32. The quantitative estimate of drug-likeness (QED) is 0.763. The number of benzene rings is 1. The first-order valence-corrected chi connectivity index (χ1v) is 5.80. The summed E-state index contributed by atoms with van der Waals surface area (Å²) in [5.41, 5.74) is 0.903. The van der Waals surface area contributed by atoms with Crippen molar-refractivity contribution in [3.05, 3.63) is 48.3 Å². The van der Waals surface area contributed by atoms with Gasteiger partial charge >= 0.3 is 0 Å². The minimum Gasteiger partial charge on any atom is -0.459 e. The molecular weight excluding hydrogens is 230 g/mol. The van der Waals surface area contributed by atoms with Crippen LogP contribution in [0, 0.1) is 0 Å². The summed E-state index contributed by atoms with van der Waals surface area (Å²) in [5, 5.41) is 8.14. The standard InChI is InChI=1S/C13H13N3O2/c1-9(14-7-13-15-8-17-16-13)12-6-10-4-2-3-5-11(10)18-12/h2-6,8-9,14H,7H2,1H3. The molecule has 0 aliphatic rings. The maximum absolute atomic E-state index is 5.77. The van der Waals surface area contributed by atoms with Crippen LogP contribution in [0.1, 0.15) is 24.6 Å². The Morgan fingerprint density at radius 1 is 1.33 bits per heavy atom. The van der Waals surface area contributed by atoms with Crippen LogP contribution in [-0.2, 0) is 6.54 Å². The zero-order valence-corrected chi connectivity index (χ0v) is 9.96. The predicted octanol–water partition coefficient (Wildman–Crippen LogP) is 2.67. The summed E-state index contributed by atoms with van der Waals surface area (Å²) < 4.78 is 10.4. The molecule has 0 spiro atoms. The molecule has 0 saturated heterocycles. The van der Waals surface area contributed by atoms with Gasteiger partial charge in [0, 0.05) is 5.39 Å². The number of rotatable bonds is 4. The van der Waals surface area contributed by atoms with Gasteiger partial charge in [0.15, 0.2) is 5.82 Å². The molecule has 3 aromatic rings. The molecule has 18 heavy (non-hydrogen) atoms. The fourth-order valence-corrected chi connectivity index (χ4v) is 1.83. The van der Waals surface area contributed by atoms with Gasteiger partial charge in [0.1, 0.15) is 11.3 Å². The molecule has 2 heterocycles. The number of hydrogen-bond donors (Lipinski definition) is 1. The van der Waals surface area contributed by atoms with Crippen molar-refractivity contribution < 1.29 is 8.94 Å². The molecule has 0 radical (unpaired) electrons. The molecule has 1 atom stereocenters. The van der Waals surface area contributed by atoms with E-state index in [1.807, 2.05) is 37.3 Å². The van der Waals surface area contributed by atoms with Gasteiger partial charge in [0.2, 0.25) is 6.39 Å². The van der Waals surface area contributed by atoms with Gasteiger partial charge in [-0.15, -0.1) is 0 Å². The minimum atomic E-state index is 0.0934. The fourth-order valence-electron chi connectivity index (χ4n) is 1.83. The Labute approximate surface area is 104 Å². The number of nitrogens with zero attached hydrogens (tertiary/aromatic N) is 2. The molecule has 5 heteroatoms. The average Bonchev–Trinajstić information content (AvgIpc) is 3.04. The van der Waals surface area contributed by atoms with E-state index in [-0.39, 0.29) is 6.04 Å². The molecule has 2 aromatic heterocycles. The second-order valence-corrected chi connectivity index (χ2v) is 4.14. The first-order chi connectivity index (χ1) is 8.83. The van der Waals surface area contributed by atoms with E-state index in [0.717, 1.165) is 16.7 Å². The molecule has 0 aliphatic heterocycles. The van der Waals surface area contributed by atoms with Crippen molar-refractivity contribution in [3.63, 3.8) is 0 Å². The van der Waals surface area contributed by atoms with Gasteiger partial charge in [-0.3, -0.25) is 0 Å². The zero-order valence-electron chi connectivity index (χ0n) is 9.96. The minimum absolute atomic E-state index is 0.0934. The number of nitrogens with one attached hydrogen (secondary N) is 1. The topological polar surface area (TPSA) is 64.1 Å². The molecule has 3 rings (SSSR count). The largest absolute Gasteiger partial charge is 0.459 e. The van der Waals surface area contributed by atoms with Crippen molar-refractivity contribution >= 4 is 11.0 Å². The highest BCUT2D eigenvalue weighted by atomic mass is 16.5. The first kappa shape index (κ1) is 11.0. The van der Waals surface area contributed by atoms with E-state index >= 15 is 0 Å². The van der Waals surface area contributed by atoms with Crippen LogP contribution >= 0.6 is 0 Å². The number of fused-ring (bicyclic) bond motifs is 1. The third kappa shape index (κ3) is 2.12. The van der Waals surface area contributed by atoms with Crippen molar-refractivity contribution in [1.29, 1.82) is 0 Å². The highest BCUT2D eigenvalue weighted by Gasteiger charge is 2.11. The van der Waals surface area contributed by atoms with Crippen LogP contribution in [0.25, 0.3) is 11.0 Å². The van der Waals surface area contributed by atoms with Crippen LogP contribution in [0.4, 0.5) is 0 Å². The van der Waals surface area contributed by atoms with Crippen LogP contribution < -0.4 is 5.32 Å². The van der Waals surface area contributed by atoms with E-state index in [9.17, 15) is 0 Å². The Morgan fingerprint density at radius 2 is 2.22 bits per heavy atom. The van der Waals surface area contributed by atoms with Crippen LogP contribution in [0.5, 0.6) is 0 Å². The molecular formula is C13H13N3O2. The Bertz CT molecular complexity index is 598. The van der Waals surface area contributed by atoms with Crippen LogP contribution in [0.2, 0.25) is 0 Å². The molecule has 1 unspecified atom stereocenters. The maximum atomic E-state index is 5.77. The van der Waals surface area contributed by atoms with Gasteiger partial charge in [-0.05, 0) is 19.1 Å². The summed E-state index contributed by atoms with van der Waals surface area (Å²) in [4.78, 5) is 3.95. The molecule has 0 fully saturated rings. The van der Waals surface area contributed by atoms with Crippen LogP contribution in [-0.4, -0.2) is 10.1 Å². The molecule has 1 N–H and O–H groups in total. The lowest BCUT2D eigenvalue weighted by Gasteiger charge is -2.08. The normalized spacial score (nSPS) is 12.9. The molecule has 5 nitrogen and oxygen atoms in total. The van der Waals surface area contributed by atoms with Crippen LogP contribution in [0.3, 0.4) is 0 Å². The lowest BCUT2D eigenvalue weighted by atomic mass is 10.2. The van der Waals surface area contributed by atoms with Crippen molar-refractivity contribution in [1.82, 2.24) is 15.5 Å². The molecule has 1 aromatic carbocycles. The summed E-state index contributed by atoms with van der Waals surface area (Å²) >= 11 is 0. The van der Waals surface area contributed by atoms with Crippen LogP contribution in [0.15, 0.2) is 45.7 Å². The van der Waals surface area contributed by atoms with Gasteiger partial charge in [-0.1, -0.05) is 23.4 Å². The molecule has 0 bridgehead atoms. The van der Waals surface area contributed by atoms with Gasteiger partial charge in [0.25, 0.3) is 0 Å². The first-order valence-electron chi connectivity index (χ1n) is 5.80. The highest BCUT2D eigenvalue weighted by molar-refractivity contribution is 5.77. The van der Waals surface area contributed by atoms with Crippen molar-refractivity contribution in [2.24, 2.45) is 0 Å². The molecule has 0 aliphatic carbocycles. The number of para-hydroxylation sites is 1. The third-order valence-corrected chi connectivity index (χ3v) is 2.84. The molecule has 0 amide bonds. The highest BCUT2D eigenvalue weighted by Crippen LogP contribution is 2.23. The second kappa shape index (κ2) is 4.62. The van der Waals surface area contributed by atoms with E-state index in [4.69, 9.17) is 4.42 Å². The molecule has 0 saturated carbocycles. The third-order valence-electron chi connectivity index (χ3n) is 2.84. The van der Waals surface area contributed by atoms with Gasteiger partial charge < -0.3 is 14.3 Å². The number of aromatic nitrogens is 2. The zero-order chi connectivity index (χ0) is 12.4. The van der Waals surface area contributed by atoms with E-state index in [1.54, 1.807) is 0 Å². The predicted molar refractivity (Wildman–Crippen MR) is 65.8 cm³/mol. The van der Waals surface area contributed by atoms with E-state index < -0.39 is 0 Å². The fraction of sp³-hybridized carbons (Fsp3) is 0.231. The monoisotopic (exact) mass is 243 g/mol. The Kier molecular flexibility index (Phi) is 2.82. The van der Waals surface area contributed by atoms with Crippen molar-refractivity contribution in [2.75, 3.05) is 0 Å². The summed E-state index contributed by atoms with van der Waals surface area (Å²) in [7, 11) is 0. The number of furan rings is 1. The average molecular weight is 243 g/mol. The van der Waals surface area contributed by atoms with E-state index in [0.29, 0.717) is 12.4 Å². The Balaban J connectivity index is 1.73. The van der Waals surface area contributed by atoms with E-state index in [2.05, 4.69) is 20.0 Å². The smallest absolute Gasteiger partial charge is 0.213 e. The van der Waals surface area contributed by atoms with E-state index in [1.165, 1.54) is 6.39 Å². The lowest BCUT2D eigenvalue weighted by molar-refractivity contribution is 0.399.